The van der Waals surface area contributed by atoms with Crippen LogP contribution in [-0.4, -0.2) is 24.2 Å². The summed E-state index contributed by atoms with van der Waals surface area (Å²) in [6.45, 7) is 0. The van der Waals surface area contributed by atoms with Crippen LogP contribution in [0.1, 0.15) is 0 Å². The molecule has 4 aromatic rings. The molecule has 26 heavy (non-hydrogen) atoms. The first-order valence-electron chi connectivity index (χ1n) is 7.86. The van der Waals surface area contributed by atoms with E-state index in [9.17, 15) is 0 Å². The van der Waals surface area contributed by atoms with Crippen molar-refractivity contribution in [2.75, 3.05) is 14.2 Å². The van der Waals surface area contributed by atoms with E-state index < -0.39 is 0 Å². The molecule has 0 bridgehead atoms. The number of hydrogen-bond acceptors (Lipinski definition) is 4. The van der Waals surface area contributed by atoms with E-state index in [1.54, 1.807) is 26.5 Å². The molecule has 2 heterocycles. The van der Waals surface area contributed by atoms with Crippen molar-refractivity contribution in [3.8, 4) is 11.5 Å². The molecule has 2 aromatic heterocycles. The first-order chi connectivity index (χ1) is 12.6. The number of aromatic amines is 1. The lowest BCUT2D eigenvalue weighted by atomic mass is 10.2. The Labute approximate surface area is 161 Å². The molecular formula is C20H17ClN2O2S. The number of aromatic nitrogens is 2. The van der Waals surface area contributed by atoms with Crippen LogP contribution in [0.5, 0.6) is 11.5 Å². The van der Waals surface area contributed by atoms with Crippen molar-refractivity contribution in [3.05, 3.63) is 70.5 Å². The summed E-state index contributed by atoms with van der Waals surface area (Å²) in [6, 6.07) is 15.1. The quantitative estimate of drug-likeness (QED) is 0.443. The third-order valence-corrected chi connectivity index (χ3v) is 4.55. The molecule has 0 saturated carbocycles. The molecule has 0 aliphatic rings. The van der Waals surface area contributed by atoms with Gasteiger partial charge >= 0.3 is 0 Å². The number of halogens is 1. The molecular weight excluding hydrogens is 368 g/mol. The van der Waals surface area contributed by atoms with Gasteiger partial charge in [-0.05, 0) is 48.5 Å². The normalized spacial score (nSPS) is 10.3. The summed E-state index contributed by atoms with van der Waals surface area (Å²) >= 11 is 11.2. The van der Waals surface area contributed by atoms with Crippen LogP contribution in [0.25, 0.3) is 21.8 Å². The average Bonchev–Trinajstić information content (AvgIpc) is 2.69. The number of nitrogens with one attached hydrogen (secondary N) is 1. The highest BCUT2D eigenvalue weighted by Gasteiger charge is 2.00. The molecule has 0 aliphatic carbocycles. The van der Waals surface area contributed by atoms with Crippen LogP contribution in [0, 0.1) is 4.51 Å². The minimum atomic E-state index is 0.698. The Kier molecular flexibility index (Phi) is 5.71. The van der Waals surface area contributed by atoms with Crippen molar-refractivity contribution in [2.24, 2.45) is 0 Å². The predicted octanol–water partition coefficient (Wildman–Crippen LogP) is 5.80. The van der Waals surface area contributed by atoms with Gasteiger partial charge in [-0.15, -0.1) is 0 Å². The van der Waals surface area contributed by atoms with Crippen LogP contribution in [0.2, 0.25) is 5.02 Å². The molecule has 0 saturated heterocycles. The highest BCUT2D eigenvalue weighted by molar-refractivity contribution is 7.71. The summed E-state index contributed by atoms with van der Waals surface area (Å²) < 4.78 is 11.0. The highest BCUT2D eigenvalue weighted by Crippen LogP contribution is 2.25. The van der Waals surface area contributed by atoms with Crippen LogP contribution in [0.3, 0.4) is 0 Å². The Morgan fingerprint density at radius 3 is 2.35 bits per heavy atom. The number of methoxy groups -OCH3 is 2. The zero-order valence-corrected chi connectivity index (χ0v) is 15.9. The van der Waals surface area contributed by atoms with Crippen LogP contribution in [0.4, 0.5) is 0 Å². The molecule has 4 rings (SSSR count). The molecule has 0 amide bonds. The van der Waals surface area contributed by atoms with Gasteiger partial charge in [-0.1, -0.05) is 23.8 Å². The summed E-state index contributed by atoms with van der Waals surface area (Å²) in [5.74, 6) is 1.63. The van der Waals surface area contributed by atoms with Gasteiger partial charge < -0.3 is 14.5 Å². The summed E-state index contributed by atoms with van der Waals surface area (Å²) in [4.78, 5) is 7.30. The third kappa shape index (κ3) is 3.95. The van der Waals surface area contributed by atoms with Gasteiger partial charge in [0.05, 0.1) is 24.8 Å². The Hall–Kier alpha value is -2.63. The molecule has 0 aliphatic heterocycles. The largest absolute Gasteiger partial charge is 0.497 e. The van der Waals surface area contributed by atoms with E-state index in [4.69, 9.17) is 33.3 Å². The van der Waals surface area contributed by atoms with E-state index in [1.165, 1.54) is 0 Å². The molecule has 1 N–H and O–H groups in total. The van der Waals surface area contributed by atoms with E-state index in [0.717, 1.165) is 37.8 Å². The fourth-order valence-corrected chi connectivity index (χ4v) is 2.94. The molecule has 0 unspecified atom stereocenters. The van der Waals surface area contributed by atoms with Crippen molar-refractivity contribution in [2.45, 2.75) is 0 Å². The van der Waals surface area contributed by atoms with E-state index in [1.807, 2.05) is 48.7 Å². The molecule has 4 nitrogen and oxygen atoms in total. The second kappa shape index (κ2) is 8.17. The first kappa shape index (κ1) is 18.2. The Balaban J connectivity index is 0.000000151. The third-order valence-electron chi connectivity index (χ3n) is 3.86. The molecule has 6 heteroatoms. The predicted molar refractivity (Wildman–Crippen MR) is 109 cm³/mol. The minimum absolute atomic E-state index is 0.698. The van der Waals surface area contributed by atoms with E-state index in [2.05, 4.69) is 9.97 Å². The van der Waals surface area contributed by atoms with Crippen molar-refractivity contribution >= 4 is 45.6 Å². The first-order valence-corrected chi connectivity index (χ1v) is 8.64. The maximum atomic E-state index is 5.99. The van der Waals surface area contributed by atoms with Crippen LogP contribution in [-0.2, 0) is 0 Å². The van der Waals surface area contributed by atoms with Crippen molar-refractivity contribution in [1.82, 2.24) is 9.97 Å². The van der Waals surface area contributed by atoms with Crippen LogP contribution < -0.4 is 9.47 Å². The number of ether oxygens (including phenoxy) is 2. The van der Waals surface area contributed by atoms with E-state index >= 15 is 0 Å². The zero-order valence-electron chi connectivity index (χ0n) is 14.3. The fourth-order valence-electron chi connectivity index (χ4n) is 2.50. The van der Waals surface area contributed by atoms with Gasteiger partial charge in [0, 0.05) is 33.2 Å². The lowest BCUT2D eigenvalue weighted by Gasteiger charge is -2.02. The van der Waals surface area contributed by atoms with Crippen molar-refractivity contribution in [3.63, 3.8) is 0 Å². The number of H-pyrrole nitrogens is 1. The summed E-state index contributed by atoms with van der Waals surface area (Å²) in [6.07, 6.45) is 3.54. The molecule has 0 atom stereocenters. The lowest BCUT2D eigenvalue weighted by Crippen LogP contribution is -1.84. The van der Waals surface area contributed by atoms with Crippen molar-refractivity contribution in [1.29, 1.82) is 0 Å². The molecule has 0 spiro atoms. The van der Waals surface area contributed by atoms with E-state index in [0.29, 0.717) is 5.02 Å². The highest BCUT2D eigenvalue weighted by atomic mass is 35.5. The topological polar surface area (TPSA) is 47.1 Å². The Bertz CT molecular complexity index is 1110. The van der Waals surface area contributed by atoms with E-state index in [-0.39, 0.29) is 0 Å². The zero-order chi connectivity index (χ0) is 18.5. The summed E-state index contributed by atoms with van der Waals surface area (Å²) in [7, 11) is 3.28. The average molecular weight is 385 g/mol. The maximum Gasteiger partial charge on any atom is 0.119 e. The van der Waals surface area contributed by atoms with Gasteiger partial charge in [-0.25, -0.2) is 0 Å². The molecule has 0 fully saturated rings. The van der Waals surface area contributed by atoms with Crippen molar-refractivity contribution < 1.29 is 9.47 Å². The lowest BCUT2D eigenvalue weighted by molar-refractivity contribution is 0.415. The maximum absolute atomic E-state index is 5.99. The van der Waals surface area contributed by atoms with Gasteiger partial charge in [0.1, 0.15) is 11.5 Å². The Morgan fingerprint density at radius 2 is 1.62 bits per heavy atom. The smallest absolute Gasteiger partial charge is 0.119 e. The van der Waals surface area contributed by atoms with Gasteiger partial charge in [-0.2, -0.15) is 0 Å². The summed E-state index contributed by atoms with van der Waals surface area (Å²) in [5, 5.41) is 2.64. The molecule has 0 radical (unpaired) electrons. The number of hydrogen-bond donors (Lipinski definition) is 1. The number of pyridine rings is 2. The van der Waals surface area contributed by atoms with Crippen LogP contribution >= 0.6 is 23.8 Å². The minimum Gasteiger partial charge on any atom is -0.497 e. The second-order valence-corrected chi connectivity index (χ2v) is 6.28. The van der Waals surface area contributed by atoms with Crippen LogP contribution in [0.15, 0.2) is 60.9 Å². The standard InChI is InChI=1S/C10H8ClNO.C10H9NOS/c1-13-7-2-3-10-8(6-7)9(11)4-5-12-10;1-12-7-2-3-9-8(6-7)10(13)4-5-11-9/h2-6H,1H3;2-6H,1H3,(H,11,13). The summed E-state index contributed by atoms with van der Waals surface area (Å²) in [5.41, 5.74) is 1.92. The number of benzene rings is 2. The van der Waals surface area contributed by atoms with Gasteiger partial charge in [0.15, 0.2) is 0 Å². The van der Waals surface area contributed by atoms with Gasteiger partial charge in [0.25, 0.3) is 0 Å². The second-order valence-electron chi connectivity index (χ2n) is 5.43. The fraction of sp³-hybridized carbons (Fsp3) is 0.100. The molecule has 2 aromatic carbocycles. The number of rotatable bonds is 2. The van der Waals surface area contributed by atoms with Gasteiger partial charge in [-0.3, -0.25) is 4.98 Å². The van der Waals surface area contributed by atoms with Gasteiger partial charge in [0.2, 0.25) is 0 Å². The SMILES string of the molecule is COc1ccc2[nH]ccc(=S)c2c1.COc1ccc2nccc(Cl)c2c1. The number of fused-ring (bicyclic) bond motifs is 2. The molecule has 132 valence electrons. The Morgan fingerprint density at radius 1 is 0.923 bits per heavy atom. The number of nitrogens with zero attached hydrogens (tertiary/aromatic N) is 1. The monoisotopic (exact) mass is 384 g/mol.